The molecule has 0 aromatic carbocycles. The molecule has 0 heterocycles. The van der Waals surface area contributed by atoms with Crippen molar-refractivity contribution in [2.45, 2.75) is 6.92 Å². The monoisotopic (exact) mass is 292 g/mol. The van der Waals surface area contributed by atoms with Crippen LogP contribution in [0.5, 0.6) is 0 Å². The van der Waals surface area contributed by atoms with E-state index in [-0.39, 0.29) is 0 Å². The number of halogens is 2. The van der Waals surface area contributed by atoms with Crippen molar-refractivity contribution in [3.8, 4) is 0 Å². The molecule has 0 aromatic heterocycles. The van der Waals surface area contributed by atoms with Gasteiger partial charge in [-0.2, -0.15) is 0 Å². The van der Waals surface area contributed by atoms with E-state index >= 15 is 0 Å². The number of hydrogen-bond donors (Lipinski definition) is 0. The molecule has 0 radical (unpaired) electrons. The minimum absolute atomic E-state index is 0.866. The van der Waals surface area contributed by atoms with Crippen LogP contribution in [0.3, 0.4) is 0 Å². The summed E-state index contributed by atoms with van der Waals surface area (Å²) >= 11 is 2.26. The van der Waals surface area contributed by atoms with E-state index < -0.39 is 11.0 Å². The van der Waals surface area contributed by atoms with E-state index in [0.717, 1.165) is 0 Å². The molecule has 0 saturated carbocycles. The Morgan fingerprint density at radius 2 is 2.20 bits per heavy atom. The summed E-state index contributed by atoms with van der Waals surface area (Å²) in [7, 11) is 4.67. The van der Waals surface area contributed by atoms with Gasteiger partial charge in [-0.15, -0.1) is 0 Å². The molecule has 0 nitrogen and oxygen atoms in total. The first-order valence-electron chi connectivity index (χ1n) is 1.05. The van der Waals surface area contributed by atoms with E-state index in [1.54, 1.807) is 0 Å². The normalized spacial score (nSPS) is 19.4. The van der Waals surface area contributed by atoms with Crippen LogP contribution >= 0.6 is 29.4 Å². The Kier molecular flexibility index (Phi) is 4.81. The molecule has 0 unspecified atom stereocenters. The van der Waals surface area contributed by atoms with Gasteiger partial charge in [0.05, 0.1) is 0 Å². The van der Waals surface area contributed by atoms with Gasteiger partial charge in [-0.3, -0.25) is 0 Å². The van der Waals surface area contributed by atoms with Crippen molar-refractivity contribution in [3.05, 3.63) is 0 Å². The zero-order valence-corrected chi connectivity index (χ0v) is 7.34. The van der Waals surface area contributed by atoms with E-state index in [9.17, 15) is 0 Å². The molecule has 0 aliphatic heterocycles. The van der Waals surface area contributed by atoms with Crippen molar-refractivity contribution in [1.82, 2.24) is 0 Å². The van der Waals surface area contributed by atoms with Crippen LogP contribution < -0.4 is 0 Å². The molecule has 0 atom stereocenters. The van der Waals surface area contributed by atoms with Crippen LogP contribution in [0.15, 0.2) is 0 Å². The van der Waals surface area contributed by atoms with Gasteiger partial charge < -0.3 is 0 Å². The van der Waals surface area contributed by atoms with Crippen LogP contribution in [-0.2, 0) is 11.0 Å². The van der Waals surface area contributed by atoms with Gasteiger partial charge in [0.15, 0.2) is 0 Å². The zero-order chi connectivity index (χ0) is 4.28. The Balaban J connectivity index is 3.14. The predicted molar refractivity (Wildman–Crippen MR) is 31.6 cm³/mol. The minimum atomic E-state index is -0.866. The second kappa shape index (κ2) is 3.69. The summed E-state index contributed by atoms with van der Waals surface area (Å²) in [4.78, 5) is 0. The number of hydrogen-bond acceptors (Lipinski definition) is 0. The summed E-state index contributed by atoms with van der Waals surface area (Å²) in [6.45, 7) is 2.00. The quantitative estimate of drug-likeness (QED) is 0.473. The molecular formula is C2H4ClIRu. The predicted octanol–water partition coefficient (Wildman–Crippen LogP) is 1.93. The van der Waals surface area contributed by atoms with Crippen LogP contribution in [0.4, 0.5) is 0 Å². The second-order valence-corrected chi connectivity index (χ2v) is 11.7. The van der Waals surface area contributed by atoms with Crippen molar-refractivity contribution in [1.29, 1.82) is 0 Å². The van der Waals surface area contributed by atoms with Crippen LogP contribution in [0, 0.1) is 0 Å². The standard InChI is InChI=1S/C2H4.ClH.HI.Ru/c1-2;;;/h1H,2H3;2*1H;/q;;;+2/p-2. The fraction of sp³-hybridized carbons (Fsp3) is 0.500. The van der Waals surface area contributed by atoms with Crippen molar-refractivity contribution in [2.75, 3.05) is 0 Å². The average Bonchev–Trinajstić information content (AvgIpc) is 1.38. The summed E-state index contributed by atoms with van der Waals surface area (Å²) in [6, 6.07) is 0. The third-order valence-corrected chi connectivity index (χ3v) is 4.43. The van der Waals surface area contributed by atoms with Crippen LogP contribution in [0.25, 0.3) is 0 Å². The Hall–Kier alpha value is 1.51. The van der Waals surface area contributed by atoms with Gasteiger partial charge in [0, 0.05) is 0 Å². The van der Waals surface area contributed by atoms with Gasteiger partial charge >= 0.3 is 52.0 Å². The Morgan fingerprint density at radius 3 is 2.20 bits per heavy atom. The van der Waals surface area contributed by atoms with Crippen molar-refractivity contribution in [3.63, 3.8) is 0 Å². The molecule has 0 spiro atoms. The molecule has 0 bridgehead atoms. The first kappa shape index (κ1) is 6.51. The van der Waals surface area contributed by atoms with E-state index in [2.05, 4.69) is 24.4 Å². The van der Waals surface area contributed by atoms with Crippen LogP contribution in [0.2, 0.25) is 0 Å². The zero-order valence-electron chi connectivity index (χ0n) is 2.69. The summed E-state index contributed by atoms with van der Waals surface area (Å²) in [6.07, 6.45) is 0. The van der Waals surface area contributed by atoms with E-state index in [1.807, 2.05) is 6.92 Å². The summed E-state index contributed by atoms with van der Waals surface area (Å²) < 4.78 is 2.06. The van der Waals surface area contributed by atoms with Gasteiger partial charge in [0.2, 0.25) is 0 Å². The summed E-state index contributed by atoms with van der Waals surface area (Å²) in [5, 5.41) is 0. The topological polar surface area (TPSA) is 0 Å². The van der Waals surface area contributed by atoms with Crippen molar-refractivity contribution >= 4 is 34.1 Å². The molecule has 0 fully saturated rings. The average molecular weight is 291 g/mol. The molecule has 0 amide bonds. The first-order valence-corrected chi connectivity index (χ1v) is 9.46. The molecule has 0 aliphatic rings. The molecule has 34 valence electrons. The van der Waals surface area contributed by atoms with Gasteiger partial charge in [-0.25, -0.2) is 0 Å². The van der Waals surface area contributed by atoms with E-state index in [4.69, 9.17) is 9.69 Å². The van der Waals surface area contributed by atoms with Crippen molar-refractivity contribution < 1.29 is 11.0 Å². The van der Waals surface area contributed by atoms with Crippen molar-refractivity contribution in [2.24, 2.45) is 0 Å². The van der Waals surface area contributed by atoms with Gasteiger partial charge in [0.1, 0.15) is 0 Å². The van der Waals surface area contributed by atoms with Gasteiger partial charge in [-0.1, -0.05) is 0 Å². The molecule has 5 heavy (non-hydrogen) atoms. The number of rotatable bonds is 0. The third kappa shape index (κ3) is 5.51. The van der Waals surface area contributed by atoms with Crippen LogP contribution in [0.1, 0.15) is 6.92 Å². The Morgan fingerprint density at radius 1 is 2.00 bits per heavy atom. The fourth-order valence-electron chi connectivity index (χ4n) is 0. The summed E-state index contributed by atoms with van der Waals surface area (Å²) in [5.74, 6) is 0. The molecule has 0 rings (SSSR count). The maximum absolute atomic E-state index is 5.54. The third-order valence-electron chi connectivity index (χ3n) is 0.154. The van der Waals surface area contributed by atoms with Crippen LogP contribution in [-0.4, -0.2) is 4.61 Å². The molecule has 0 aromatic rings. The molecule has 0 saturated heterocycles. The molecule has 0 aliphatic carbocycles. The SMILES string of the molecule is C/[CH]=[Ru](/[Cl])[I]. The van der Waals surface area contributed by atoms with Gasteiger partial charge in [-0.05, 0) is 0 Å². The van der Waals surface area contributed by atoms with Gasteiger partial charge in [0.25, 0.3) is 0 Å². The fourth-order valence-corrected chi connectivity index (χ4v) is 0. The Labute approximate surface area is 51.5 Å². The van der Waals surface area contributed by atoms with E-state index in [0.29, 0.717) is 0 Å². The van der Waals surface area contributed by atoms with E-state index in [1.165, 1.54) is 0 Å². The first-order chi connectivity index (χ1) is 2.27. The molecule has 0 N–H and O–H groups in total. The maximum atomic E-state index is 5.54. The second-order valence-electron chi connectivity index (χ2n) is 0.409. The molecule has 3 heteroatoms. The molecular weight excluding hydrogens is 287 g/mol. The summed E-state index contributed by atoms with van der Waals surface area (Å²) in [5.41, 5.74) is 0. The Bertz CT molecular complexity index is 47.6.